The summed E-state index contributed by atoms with van der Waals surface area (Å²) in [6.07, 6.45) is 2.47. The van der Waals surface area contributed by atoms with Gasteiger partial charge in [0.2, 0.25) is 0 Å². The van der Waals surface area contributed by atoms with Crippen LogP contribution in [0.25, 0.3) is 0 Å². The number of hydrogen-bond acceptors (Lipinski definition) is 4. The number of nitrogen functional groups attached to an aromatic ring is 1. The number of anilines is 2. The Morgan fingerprint density at radius 3 is 2.53 bits per heavy atom. The first-order chi connectivity index (χ1) is 8.06. The van der Waals surface area contributed by atoms with Crippen molar-refractivity contribution in [2.75, 3.05) is 23.7 Å². The van der Waals surface area contributed by atoms with Gasteiger partial charge in [0.25, 0.3) is 0 Å². The summed E-state index contributed by atoms with van der Waals surface area (Å²) in [6.45, 7) is 8.66. The second-order valence-electron chi connectivity index (χ2n) is 5.33. The number of nitrogens with zero attached hydrogens (tertiary/aromatic N) is 3. The Morgan fingerprint density at radius 2 is 1.94 bits per heavy atom. The summed E-state index contributed by atoms with van der Waals surface area (Å²) >= 11 is 0. The fourth-order valence-electron chi connectivity index (χ4n) is 2.13. The first-order valence-electron chi connectivity index (χ1n) is 6.45. The highest BCUT2D eigenvalue weighted by Gasteiger charge is 2.18. The van der Waals surface area contributed by atoms with Gasteiger partial charge in [-0.2, -0.15) is 0 Å². The molecule has 1 aromatic heterocycles. The van der Waals surface area contributed by atoms with Gasteiger partial charge in [-0.1, -0.05) is 20.8 Å². The predicted molar refractivity (Wildman–Crippen MR) is 71.1 cm³/mol. The number of nitrogens with two attached hydrogens (primary N) is 1. The molecule has 0 saturated carbocycles. The Labute approximate surface area is 103 Å². The van der Waals surface area contributed by atoms with E-state index >= 15 is 0 Å². The summed E-state index contributed by atoms with van der Waals surface area (Å²) in [5, 5.41) is 0. The minimum absolute atomic E-state index is 0.320. The molecular weight excluding hydrogens is 212 g/mol. The van der Waals surface area contributed by atoms with Gasteiger partial charge in [0.05, 0.1) is 0 Å². The Hall–Kier alpha value is -1.32. The molecule has 17 heavy (non-hydrogen) atoms. The minimum Gasteiger partial charge on any atom is -0.384 e. The van der Waals surface area contributed by atoms with Gasteiger partial charge >= 0.3 is 0 Å². The molecule has 0 atom stereocenters. The lowest BCUT2D eigenvalue weighted by atomic mass is 9.99. The summed E-state index contributed by atoms with van der Waals surface area (Å²) < 4.78 is 0. The lowest BCUT2D eigenvalue weighted by molar-refractivity contribution is 0.436. The van der Waals surface area contributed by atoms with E-state index < -0.39 is 0 Å². The van der Waals surface area contributed by atoms with E-state index in [0.29, 0.717) is 11.7 Å². The van der Waals surface area contributed by atoms with Crippen molar-refractivity contribution in [3.05, 3.63) is 11.9 Å². The van der Waals surface area contributed by atoms with Crippen LogP contribution >= 0.6 is 0 Å². The van der Waals surface area contributed by atoms with Crippen LogP contribution in [0.5, 0.6) is 0 Å². The Balaban J connectivity index is 2.20. The maximum atomic E-state index is 5.85. The maximum Gasteiger partial charge on any atom is 0.135 e. The molecule has 1 saturated heterocycles. The molecule has 0 bridgehead atoms. The third kappa shape index (κ3) is 2.87. The van der Waals surface area contributed by atoms with Crippen molar-refractivity contribution in [3.8, 4) is 0 Å². The third-order valence-electron chi connectivity index (χ3n) is 3.37. The van der Waals surface area contributed by atoms with Crippen LogP contribution in [0, 0.1) is 5.92 Å². The second kappa shape index (κ2) is 4.90. The van der Waals surface area contributed by atoms with Crippen LogP contribution in [0.15, 0.2) is 6.07 Å². The van der Waals surface area contributed by atoms with E-state index in [-0.39, 0.29) is 0 Å². The molecule has 0 radical (unpaired) electrons. The van der Waals surface area contributed by atoms with Crippen molar-refractivity contribution in [1.82, 2.24) is 9.97 Å². The van der Waals surface area contributed by atoms with Gasteiger partial charge < -0.3 is 10.6 Å². The van der Waals surface area contributed by atoms with Crippen molar-refractivity contribution in [2.45, 2.75) is 39.5 Å². The van der Waals surface area contributed by atoms with Gasteiger partial charge in [-0.25, -0.2) is 9.97 Å². The number of piperidine rings is 1. The predicted octanol–water partition coefficient (Wildman–Crippen LogP) is 2.42. The molecule has 4 nitrogen and oxygen atoms in total. The van der Waals surface area contributed by atoms with Gasteiger partial charge in [-0.3, -0.25) is 0 Å². The van der Waals surface area contributed by atoms with Crippen LogP contribution in [0.2, 0.25) is 0 Å². The number of hydrogen-bond donors (Lipinski definition) is 1. The largest absolute Gasteiger partial charge is 0.384 e. The zero-order valence-electron chi connectivity index (χ0n) is 11.0. The fraction of sp³-hybridized carbons (Fsp3) is 0.692. The van der Waals surface area contributed by atoms with Crippen molar-refractivity contribution in [1.29, 1.82) is 0 Å². The third-order valence-corrected chi connectivity index (χ3v) is 3.37. The minimum atomic E-state index is 0.320. The van der Waals surface area contributed by atoms with Crippen LogP contribution in [-0.4, -0.2) is 23.1 Å². The Morgan fingerprint density at radius 1 is 1.29 bits per heavy atom. The average molecular weight is 234 g/mol. The topological polar surface area (TPSA) is 55.0 Å². The van der Waals surface area contributed by atoms with Gasteiger partial charge in [0, 0.05) is 25.1 Å². The van der Waals surface area contributed by atoms with E-state index in [4.69, 9.17) is 5.73 Å². The summed E-state index contributed by atoms with van der Waals surface area (Å²) in [7, 11) is 0. The number of aromatic nitrogens is 2. The lowest BCUT2D eigenvalue weighted by Crippen LogP contribution is -2.33. The van der Waals surface area contributed by atoms with Crippen LogP contribution in [0.1, 0.15) is 45.4 Å². The maximum absolute atomic E-state index is 5.85. The quantitative estimate of drug-likeness (QED) is 0.853. The summed E-state index contributed by atoms with van der Waals surface area (Å²) in [6, 6.07) is 1.89. The second-order valence-corrected chi connectivity index (χ2v) is 5.33. The van der Waals surface area contributed by atoms with Crippen LogP contribution < -0.4 is 10.6 Å². The lowest BCUT2D eigenvalue weighted by Gasteiger charge is -2.31. The first-order valence-corrected chi connectivity index (χ1v) is 6.45. The number of rotatable bonds is 2. The van der Waals surface area contributed by atoms with Crippen LogP contribution in [0.3, 0.4) is 0 Å². The molecule has 0 unspecified atom stereocenters. The van der Waals surface area contributed by atoms with Gasteiger partial charge in [-0.15, -0.1) is 0 Å². The molecular formula is C13H22N4. The van der Waals surface area contributed by atoms with Gasteiger partial charge in [0.15, 0.2) is 0 Å². The van der Waals surface area contributed by atoms with Crippen molar-refractivity contribution in [2.24, 2.45) is 5.92 Å². The van der Waals surface area contributed by atoms with Gasteiger partial charge in [-0.05, 0) is 18.8 Å². The van der Waals surface area contributed by atoms with Crippen molar-refractivity contribution in [3.63, 3.8) is 0 Å². The summed E-state index contributed by atoms with van der Waals surface area (Å²) in [5.74, 6) is 3.57. The molecule has 0 aromatic carbocycles. The molecule has 2 N–H and O–H groups in total. The Bertz CT molecular complexity index is 381. The molecule has 4 heteroatoms. The summed E-state index contributed by atoms with van der Waals surface area (Å²) in [4.78, 5) is 11.2. The highest BCUT2D eigenvalue weighted by Crippen LogP contribution is 2.23. The molecule has 2 rings (SSSR count). The molecule has 1 aliphatic rings. The molecule has 0 spiro atoms. The van der Waals surface area contributed by atoms with Gasteiger partial charge in [0.1, 0.15) is 17.5 Å². The first kappa shape index (κ1) is 12.1. The van der Waals surface area contributed by atoms with E-state index in [9.17, 15) is 0 Å². The molecule has 1 aromatic rings. The average Bonchev–Trinajstić information content (AvgIpc) is 2.29. The SMILES string of the molecule is CC1CCN(c2cc(N)nc(C(C)C)n2)CC1. The molecule has 1 aliphatic heterocycles. The molecule has 0 amide bonds. The van der Waals surface area contributed by atoms with E-state index in [1.807, 2.05) is 6.07 Å². The molecule has 2 heterocycles. The van der Waals surface area contributed by atoms with E-state index in [1.165, 1.54) is 12.8 Å². The van der Waals surface area contributed by atoms with E-state index in [0.717, 1.165) is 30.6 Å². The monoisotopic (exact) mass is 234 g/mol. The van der Waals surface area contributed by atoms with E-state index in [2.05, 4.69) is 35.6 Å². The summed E-state index contributed by atoms with van der Waals surface area (Å²) in [5.41, 5.74) is 5.85. The van der Waals surface area contributed by atoms with E-state index in [1.54, 1.807) is 0 Å². The molecule has 94 valence electrons. The van der Waals surface area contributed by atoms with Crippen LogP contribution in [-0.2, 0) is 0 Å². The zero-order valence-corrected chi connectivity index (χ0v) is 11.0. The highest BCUT2D eigenvalue weighted by molar-refractivity contribution is 5.47. The normalized spacial score (nSPS) is 17.8. The molecule has 0 aliphatic carbocycles. The fourth-order valence-corrected chi connectivity index (χ4v) is 2.13. The Kier molecular flexibility index (Phi) is 3.50. The molecule has 1 fully saturated rings. The van der Waals surface area contributed by atoms with Crippen molar-refractivity contribution >= 4 is 11.6 Å². The zero-order chi connectivity index (χ0) is 12.4. The highest BCUT2D eigenvalue weighted by atomic mass is 15.2. The standard InChI is InChI=1S/C13H22N4/c1-9(2)13-15-11(14)8-12(16-13)17-6-4-10(3)5-7-17/h8-10H,4-7H2,1-3H3,(H2,14,15,16). The van der Waals surface area contributed by atoms with Crippen LogP contribution in [0.4, 0.5) is 11.6 Å². The van der Waals surface area contributed by atoms with Crippen molar-refractivity contribution < 1.29 is 0 Å². The smallest absolute Gasteiger partial charge is 0.135 e.